The molecule has 1 heterocycles. The number of benzene rings is 1. The zero-order valence-corrected chi connectivity index (χ0v) is 14.6. The van der Waals surface area contributed by atoms with E-state index in [1.54, 1.807) is 0 Å². The molecule has 2 rings (SSSR count). The van der Waals surface area contributed by atoms with Crippen molar-refractivity contribution in [3.05, 3.63) is 41.4 Å². The summed E-state index contributed by atoms with van der Waals surface area (Å²) in [6.07, 6.45) is -1.79. The predicted octanol–water partition coefficient (Wildman–Crippen LogP) is 3.48. The maximum absolute atomic E-state index is 13.4. The Kier molecular flexibility index (Phi) is 6.38. The van der Waals surface area contributed by atoms with Crippen LogP contribution in [0.15, 0.2) is 28.1 Å². The summed E-state index contributed by atoms with van der Waals surface area (Å²) in [4.78, 5) is 18.3. The van der Waals surface area contributed by atoms with Crippen molar-refractivity contribution in [2.45, 2.75) is 42.2 Å². The summed E-state index contributed by atoms with van der Waals surface area (Å²) in [6, 6.07) is 3.24. The van der Waals surface area contributed by atoms with Gasteiger partial charge < -0.3 is 20.6 Å². The standard InChI is InChI=1S/C16H19F2N3O3S/c1-8(2)13-15(25-11-6-9(17)5-10(18)7-11)21-14(20-13)12(22)3-4-24-16(19)23/h5-8,12,22H,3-4H2,1-2H3,(H2,19,23)(H,20,21). The maximum atomic E-state index is 13.4. The lowest BCUT2D eigenvalue weighted by molar-refractivity contribution is 0.106. The topological polar surface area (TPSA) is 101 Å². The number of carbonyl (C=O) groups excluding carboxylic acids is 1. The normalized spacial score (nSPS) is 12.4. The van der Waals surface area contributed by atoms with Gasteiger partial charge in [-0.05, 0) is 18.1 Å². The van der Waals surface area contributed by atoms with Gasteiger partial charge in [-0.15, -0.1) is 0 Å². The quantitative estimate of drug-likeness (QED) is 0.692. The third-order valence-corrected chi connectivity index (χ3v) is 4.26. The number of aliphatic hydroxyl groups excluding tert-OH is 1. The molecule has 1 aromatic carbocycles. The molecule has 1 amide bonds. The van der Waals surface area contributed by atoms with Crippen LogP contribution >= 0.6 is 11.8 Å². The monoisotopic (exact) mass is 371 g/mol. The highest BCUT2D eigenvalue weighted by atomic mass is 32.2. The Bertz CT molecular complexity index is 732. The Morgan fingerprint density at radius 3 is 2.56 bits per heavy atom. The maximum Gasteiger partial charge on any atom is 0.404 e. The molecule has 0 radical (unpaired) electrons. The van der Waals surface area contributed by atoms with Crippen molar-refractivity contribution in [1.29, 1.82) is 0 Å². The second-order valence-corrected chi connectivity index (χ2v) is 6.75. The number of nitrogens with zero attached hydrogens (tertiary/aromatic N) is 1. The van der Waals surface area contributed by atoms with Crippen molar-refractivity contribution in [2.75, 3.05) is 6.61 Å². The van der Waals surface area contributed by atoms with Crippen molar-refractivity contribution in [3.63, 3.8) is 0 Å². The largest absolute Gasteiger partial charge is 0.450 e. The van der Waals surface area contributed by atoms with Crippen molar-refractivity contribution in [2.24, 2.45) is 5.73 Å². The Morgan fingerprint density at radius 1 is 1.36 bits per heavy atom. The van der Waals surface area contributed by atoms with E-state index >= 15 is 0 Å². The summed E-state index contributed by atoms with van der Waals surface area (Å²) in [5, 5.41) is 10.7. The summed E-state index contributed by atoms with van der Waals surface area (Å²) in [5.41, 5.74) is 5.53. The molecule has 0 saturated heterocycles. The van der Waals surface area contributed by atoms with Gasteiger partial charge in [-0.2, -0.15) is 0 Å². The molecule has 2 aromatic rings. The van der Waals surface area contributed by atoms with Crippen LogP contribution in [0, 0.1) is 11.6 Å². The molecule has 0 aliphatic heterocycles. The van der Waals surface area contributed by atoms with Crippen molar-refractivity contribution in [1.82, 2.24) is 9.97 Å². The number of halogens is 2. The fraction of sp³-hybridized carbons (Fsp3) is 0.375. The first-order valence-corrected chi connectivity index (χ1v) is 8.42. The molecule has 1 unspecified atom stereocenters. The van der Waals surface area contributed by atoms with E-state index in [2.05, 4.69) is 14.7 Å². The number of amides is 1. The first kappa shape index (κ1) is 19.2. The van der Waals surface area contributed by atoms with Crippen molar-refractivity contribution >= 4 is 17.9 Å². The Hall–Kier alpha value is -2.13. The smallest absolute Gasteiger partial charge is 0.404 e. The molecule has 0 spiro atoms. The van der Waals surface area contributed by atoms with Crippen LogP contribution in [0.2, 0.25) is 0 Å². The number of carbonyl (C=O) groups is 1. The van der Waals surface area contributed by atoms with Gasteiger partial charge in [0, 0.05) is 17.4 Å². The van der Waals surface area contributed by atoms with E-state index in [-0.39, 0.29) is 24.8 Å². The highest BCUT2D eigenvalue weighted by molar-refractivity contribution is 7.99. The van der Waals surface area contributed by atoms with E-state index in [1.165, 1.54) is 12.1 Å². The van der Waals surface area contributed by atoms with E-state index in [1.807, 2.05) is 13.8 Å². The van der Waals surface area contributed by atoms with E-state index < -0.39 is 23.8 Å². The number of primary amides is 1. The number of rotatable bonds is 7. The minimum atomic E-state index is -0.990. The fourth-order valence-electron chi connectivity index (χ4n) is 2.13. The highest BCUT2D eigenvalue weighted by Gasteiger charge is 2.20. The number of hydrogen-bond donors (Lipinski definition) is 3. The van der Waals surface area contributed by atoms with Crippen LogP contribution < -0.4 is 5.73 Å². The lowest BCUT2D eigenvalue weighted by atomic mass is 10.1. The SMILES string of the molecule is CC(C)c1nc(C(O)CCOC(N)=O)[nH]c1Sc1cc(F)cc(F)c1. The van der Waals surface area contributed by atoms with Crippen LogP contribution in [-0.2, 0) is 4.74 Å². The summed E-state index contributed by atoms with van der Waals surface area (Å²) in [7, 11) is 0. The van der Waals surface area contributed by atoms with E-state index in [0.717, 1.165) is 17.8 Å². The molecular weight excluding hydrogens is 352 g/mol. The van der Waals surface area contributed by atoms with Crippen LogP contribution in [-0.4, -0.2) is 27.8 Å². The van der Waals surface area contributed by atoms with E-state index in [4.69, 9.17) is 5.73 Å². The average molecular weight is 371 g/mol. The zero-order chi connectivity index (χ0) is 18.6. The van der Waals surface area contributed by atoms with Crippen LogP contribution in [0.5, 0.6) is 0 Å². The van der Waals surface area contributed by atoms with Gasteiger partial charge in [-0.25, -0.2) is 18.6 Å². The molecule has 136 valence electrons. The number of nitrogens with one attached hydrogen (secondary N) is 1. The third kappa shape index (κ3) is 5.43. The zero-order valence-electron chi connectivity index (χ0n) is 13.8. The predicted molar refractivity (Wildman–Crippen MR) is 88.3 cm³/mol. The van der Waals surface area contributed by atoms with Crippen molar-refractivity contribution in [3.8, 4) is 0 Å². The molecular formula is C16H19F2N3O3S. The summed E-state index contributed by atoms with van der Waals surface area (Å²) < 4.78 is 31.3. The Balaban J connectivity index is 2.19. The number of nitrogens with two attached hydrogens (primary N) is 1. The van der Waals surface area contributed by atoms with Crippen LogP contribution in [0.1, 0.15) is 43.8 Å². The van der Waals surface area contributed by atoms with Gasteiger partial charge in [-0.1, -0.05) is 25.6 Å². The van der Waals surface area contributed by atoms with Crippen LogP contribution in [0.3, 0.4) is 0 Å². The number of hydrogen-bond acceptors (Lipinski definition) is 5. The summed E-state index contributed by atoms with van der Waals surface area (Å²) >= 11 is 1.12. The Labute approximate surface area is 147 Å². The number of aromatic nitrogens is 2. The molecule has 0 saturated carbocycles. The van der Waals surface area contributed by atoms with Crippen LogP contribution in [0.25, 0.3) is 0 Å². The first-order chi connectivity index (χ1) is 11.8. The van der Waals surface area contributed by atoms with Gasteiger partial charge >= 0.3 is 6.09 Å². The molecule has 1 aromatic heterocycles. The van der Waals surface area contributed by atoms with Gasteiger partial charge in [0.25, 0.3) is 0 Å². The summed E-state index contributed by atoms with van der Waals surface area (Å²) in [5.74, 6) is -1.02. The van der Waals surface area contributed by atoms with Crippen LogP contribution in [0.4, 0.5) is 13.6 Å². The van der Waals surface area contributed by atoms with Gasteiger partial charge in [0.2, 0.25) is 0 Å². The molecule has 25 heavy (non-hydrogen) atoms. The van der Waals surface area contributed by atoms with Gasteiger partial charge in [0.15, 0.2) is 0 Å². The number of aromatic amines is 1. The second-order valence-electron chi connectivity index (χ2n) is 5.67. The molecule has 1 atom stereocenters. The van der Waals surface area contributed by atoms with E-state index in [0.29, 0.717) is 15.6 Å². The van der Waals surface area contributed by atoms with Crippen molar-refractivity contribution < 1.29 is 23.4 Å². The number of aliphatic hydroxyl groups is 1. The molecule has 0 bridgehead atoms. The molecule has 0 fully saturated rings. The molecule has 0 aliphatic carbocycles. The highest BCUT2D eigenvalue weighted by Crippen LogP contribution is 2.34. The van der Waals surface area contributed by atoms with Gasteiger partial charge in [-0.3, -0.25) is 0 Å². The minimum Gasteiger partial charge on any atom is -0.450 e. The van der Waals surface area contributed by atoms with E-state index in [9.17, 15) is 18.7 Å². The average Bonchev–Trinajstić information content (AvgIpc) is 2.89. The number of ether oxygens (including phenoxy) is 1. The Morgan fingerprint density at radius 2 is 2.00 bits per heavy atom. The molecule has 0 aliphatic rings. The summed E-state index contributed by atoms with van der Waals surface area (Å²) in [6.45, 7) is 3.78. The number of H-pyrrole nitrogens is 1. The molecule has 6 nitrogen and oxygen atoms in total. The first-order valence-electron chi connectivity index (χ1n) is 7.60. The number of imidazole rings is 1. The third-order valence-electron chi connectivity index (χ3n) is 3.27. The lowest BCUT2D eigenvalue weighted by Gasteiger charge is -2.07. The minimum absolute atomic E-state index is 0.0278. The molecule has 9 heteroatoms. The fourth-order valence-corrected chi connectivity index (χ4v) is 3.25. The van der Waals surface area contributed by atoms with Gasteiger partial charge in [0.1, 0.15) is 28.6 Å². The lowest BCUT2D eigenvalue weighted by Crippen LogP contribution is -2.15. The molecule has 4 N–H and O–H groups in total. The second kappa shape index (κ2) is 8.30. The van der Waals surface area contributed by atoms with Gasteiger partial charge in [0.05, 0.1) is 12.3 Å².